The van der Waals surface area contributed by atoms with E-state index in [0.29, 0.717) is 51.2 Å². The molecule has 2 amide bonds. The minimum Gasteiger partial charge on any atom is -0.493 e. The van der Waals surface area contributed by atoms with Gasteiger partial charge in [-0.1, -0.05) is 0 Å². The number of carbonyl (C=O) groups excluding carboxylic acids is 1. The van der Waals surface area contributed by atoms with Crippen LogP contribution in [0.1, 0.15) is 24.1 Å². The van der Waals surface area contributed by atoms with Crippen LogP contribution in [0.25, 0.3) is 17.0 Å². The van der Waals surface area contributed by atoms with Crippen LogP contribution >= 0.6 is 0 Å². The van der Waals surface area contributed by atoms with Crippen LogP contribution in [0.5, 0.6) is 11.5 Å². The molecule has 11 nitrogen and oxygen atoms in total. The number of halogens is 2. The number of carbonyl (C=O) groups is 1. The predicted molar refractivity (Wildman–Crippen MR) is 153 cm³/mol. The second kappa shape index (κ2) is 11.3. The van der Waals surface area contributed by atoms with Gasteiger partial charge in [0, 0.05) is 54.8 Å². The first-order chi connectivity index (χ1) is 20.2. The standard InChI is InChI=1S/C29H27F2N7O4/c1-15(32)20(13-33-3)21-10-22-18(12-34-21)14-37(27-25(30)23(40-4)11-24(41-5)26(27)31)29(39)38(22)19-8-6-17(7-9-19)28-36-35-16(2)42-28/h6-13H,14,32H2,1-5H3. The number of methoxy groups -OCH3 is 2. The summed E-state index contributed by atoms with van der Waals surface area (Å²) in [7, 11) is 4.08. The van der Waals surface area contributed by atoms with E-state index in [4.69, 9.17) is 19.6 Å². The normalized spacial score (nSPS) is 13.8. The summed E-state index contributed by atoms with van der Waals surface area (Å²) < 4.78 is 46.9. The number of anilines is 3. The second-order valence-electron chi connectivity index (χ2n) is 9.32. The van der Waals surface area contributed by atoms with Crippen LogP contribution in [0.15, 0.2) is 57.7 Å². The topological polar surface area (TPSA) is 132 Å². The van der Waals surface area contributed by atoms with E-state index in [0.717, 1.165) is 11.0 Å². The summed E-state index contributed by atoms with van der Waals surface area (Å²) in [5.41, 5.74) is 8.95. The first-order valence-electron chi connectivity index (χ1n) is 12.7. The molecule has 4 aromatic rings. The minimum atomic E-state index is -1.05. The lowest BCUT2D eigenvalue weighted by Gasteiger charge is -2.37. The molecule has 216 valence electrons. The highest BCUT2D eigenvalue weighted by Gasteiger charge is 2.38. The third kappa shape index (κ3) is 4.89. The van der Waals surface area contributed by atoms with Gasteiger partial charge in [0.05, 0.1) is 37.8 Å². The molecular formula is C29H27F2N7O4. The van der Waals surface area contributed by atoms with Crippen molar-refractivity contribution in [2.45, 2.75) is 20.4 Å². The van der Waals surface area contributed by atoms with E-state index in [1.807, 2.05) is 0 Å². The quantitative estimate of drug-likeness (QED) is 0.290. The number of allylic oxidation sites excluding steroid dienone is 2. The lowest BCUT2D eigenvalue weighted by molar-refractivity contribution is 0.251. The number of urea groups is 1. The highest BCUT2D eigenvalue weighted by Crippen LogP contribution is 2.43. The monoisotopic (exact) mass is 575 g/mol. The van der Waals surface area contributed by atoms with Crippen molar-refractivity contribution in [3.05, 3.63) is 77.1 Å². The molecule has 0 spiro atoms. The average molecular weight is 576 g/mol. The molecule has 2 aromatic carbocycles. The zero-order valence-electron chi connectivity index (χ0n) is 23.5. The molecule has 0 saturated heterocycles. The molecule has 1 aliphatic heterocycles. The number of benzene rings is 2. The Balaban J connectivity index is 1.70. The fourth-order valence-electron chi connectivity index (χ4n) is 4.61. The van der Waals surface area contributed by atoms with Crippen LogP contribution in [0, 0.1) is 18.6 Å². The van der Waals surface area contributed by atoms with Gasteiger partial charge in [0.2, 0.25) is 11.8 Å². The van der Waals surface area contributed by atoms with Crippen LogP contribution in [0.2, 0.25) is 0 Å². The minimum absolute atomic E-state index is 0.191. The Labute approximate surface area is 239 Å². The molecule has 42 heavy (non-hydrogen) atoms. The van der Waals surface area contributed by atoms with Crippen molar-refractivity contribution in [2.75, 3.05) is 31.1 Å². The Hall–Kier alpha value is -5.33. The van der Waals surface area contributed by atoms with Crippen molar-refractivity contribution in [2.24, 2.45) is 10.7 Å². The molecule has 13 heteroatoms. The zero-order chi connectivity index (χ0) is 30.1. The summed E-state index contributed by atoms with van der Waals surface area (Å²) in [5.74, 6) is -1.97. The van der Waals surface area contributed by atoms with E-state index in [1.165, 1.54) is 25.3 Å². The summed E-state index contributed by atoms with van der Waals surface area (Å²) in [6.45, 7) is 3.20. The third-order valence-electron chi connectivity index (χ3n) is 6.63. The number of nitrogens with two attached hydrogens (primary N) is 1. The molecule has 0 atom stereocenters. The predicted octanol–water partition coefficient (Wildman–Crippen LogP) is 5.40. The average Bonchev–Trinajstić information content (AvgIpc) is 3.42. The van der Waals surface area contributed by atoms with Crippen molar-refractivity contribution in [3.63, 3.8) is 0 Å². The van der Waals surface area contributed by atoms with Crippen molar-refractivity contribution >= 4 is 34.9 Å². The highest BCUT2D eigenvalue weighted by molar-refractivity contribution is 6.13. The van der Waals surface area contributed by atoms with E-state index in [1.54, 1.807) is 57.4 Å². The fourth-order valence-corrected chi connectivity index (χ4v) is 4.61. The van der Waals surface area contributed by atoms with Gasteiger partial charge in [0.25, 0.3) is 0 Å². The molecule has 0 saturated carbocycles. The summed E-state index contributed by atoms with van der Waals surface area (Å²) in [4.78, 5) is 25.1. The highest BCUT2D eigenvalue weighted by atomic mass is 19.1. The van der Waals surface area contributed by atoms with Crippen LogP contribution < -0.4 is 25.0 Å². The number of hydrogen-bond acceptors (Lipinski definition) is 9. The van der Waals surface area contributed by atoms with Crippen LogP contribution in [-0.2, 0) is 6.54 Å². The molecule has 0 fully saturated rings. The zero-order valence-corrected chi connectivity index (χ0v) is 23.5. The van der Waals surface area contributed by atoms with Crippen LogP contribution in [-0.4, -0.2) is 48.7 Å². The fraction of sp³-hybridized carbons (Fsp3) is 0.207. The number of hydrogen-bond donors (Lipinski definition) is 1. The van der Waals surface area contributed by atoms with Gasteiger partial charge < -0.3 is 19.6 Å². The third-order valence-corrected chi connectivity index (χ3v) is 6.63. The summed E-state index contributed by atoms with van der Waals surface area (Å²) in [6, 6.07) is 8.77. The largest absolute Gasteiger partial charge is 0.493 e. The number of rotatable bonds is 7. The molecule has 0 bridgehead atoms. The lowest BCUT2D eigenvalue weighted by atomic mass is 10.0. The Morgan fingerprint density at radius 2 is 1.76 bits per heavy atom. The number of aryl methyl sites for hydroxylation is 1. The van der Waals surface area contributed by atoms with E-state index in [-0.39, 0.29) is 18.0 Å². The molecular weight excluding hydrogens is 548 g/mol. The second-order valence-corrected chi connectivity index (χ2v) is 9.32. The number of aliphatic imine (C=N–C) groups is 1. The van der Waals surface area contributed by atoms with Crippen molar-refractivity contribution < 1.29 is 27.5 Å². The summed E-state index contributed by atoms with van der Waals surface area (Å²) in [6.07, 6.45) is 3.10. The Bertz CT molecular complexity index is 1700. The molecule has 0 unspecified atom stereocenters. The Morgan fingerprint density at radius 1 is 1.10 bits per heavy atom. The number of aromatic nitrogens is 3. The van der Waals surface area contributed by atoms with Gasteiger partial charge in [-0.05, 0) is 37.3 Å². The molecule has 0 aliphatic carbocycles. The molecule has 2 N–H and O–H groups in total. The molecule has 0 radical (unpaired) electrons. The number of pyridine rings is 1. The smallest absolute Gasteiger partial charge is 0.334 e. The lowest BCUT2D eigenvalue weighted by Crippen LogP contribution is -2.46. The number of amides is 2. The first kappa shape index (κ1) is 28.2. The van der Waals surface area contributed by atoms with Crippen molar-refractivity contribution in [3.8, 4) is 23.0 Å². The molecule has 3 heterocycles. The molecule has 5 rings (SSSR count). The SMILES string of the molecule is CN=CC(=C(C)N)c1cc2c(cn1)CN(c1c(F)c(OC)cc(OC)c1F)C(=O)N2c1ccc(-c2nnc(C)o2)cc1. The van der Waals surface area contributed by atoms with Gasteiger partial charge in [-0.2, -0.15) is 0 Å². The van der Waals surface area contributed by atoms with Crippen molar-refractivity contribution in [1.82, 2.24) is 15.2 Å². The van der Waals surface area contributed by atoms with E-state index >= 15 is 8.78 Å². The molecule has 1 aliphatic rings. The maximum atomic E-state index is 15.6. The summed E-state index contributed by atoms with van der Waals surface area (Å²) >= 11 is 0. The van der Waals surface area contributed by atoms with Crippen LogP contribution in [0.3, 0.4) is 0 Å². The number of fused-ring (bicyclic) bond motifs is 1. The maximum absolute atomic E-state index is 15.6. The van der Waals surface area contributed by atoms with E-state index in [2.05, 4.69) is 20.2 Å². The van der Waals surface area contributed by atoms with Gasteiger partial charge >= 0.3 is 6.03 Å². The van der Waals surface area contributed by atoms with Gasteiger partial charge in [0.1, 0.15) is 5.69 Å². The van der Waals surface area contributed by atoms with Gasteiger partial charge in [-0.25, -0.2) is 13.6 Å². The Kier molecular flexibility index (Phi) is 7.57. The van der Waals surface area contributed by atoms with E-state index < -0.39 is 23.4 Å². The number of nitrogens with zero attached hydrogens (tertiary/aromatic N) is 6. The Morgan fingerprint density at radius 3 is 2.31 bits per heavy atom. The van der Waals surface area contributed by atoms with E-state index in [9.17, 15) is 4.79 Å². The summed E-state index contributed by atoms with van der Waals surface area (Å²) in [5, 5.41) is 7.88. The molecule has 2 aromatic heterocycles. The number of ether oxygens (including phenoxy) is 2. The van der Waals surface area contributed by atoms with Gasteiger partial charge in [-0.15, -0.1) is 10.2 Å². The van der Waals surface area contributed by atoms with Gasteiger partial charge in [-0.3, -0.25) is 19.8 Å². The maximum Gasteiger partial charge on any atom is 0.334 e. The first-order valence-corrected chi connectivity index (χ1v) is 12.7. The van der Waals surface area contributed by atoms with Gasteiger partial charge in [0.15, 0.2) is 23.1 Å². The van der Waals surface area contributed by atoms with Crippen LogP contribution in [0.4, 0.5) is 30.6 Å². The van der Waals surface area contributed by atoms with Crippen molar-refractivity contribution in [1.29, 1.82) is 0 Å².